The molecule has 1 N–H and O–H groups in total. The number of hydrogen-bond acceptors (Lipinski definition) is 6. The molecule has 0 aromatic carbocycles. The van der Waals surface area contributed by atoms with Crippen LogP contribution in [0.5, 0.6) is 0 Å². The average molecular weight is 503 g/mol. The summed E-state index contributed by atoms with van der Waals surface area (Å²) in [7, 11) is 0. The maximum absolute atomic E-state index is 14.1. The first-order chi connectivity index (χ1) is 17.5. The van der Waals surface area contributed by atoms with Crippen LogP contribution in [0.4, 0.5) is 0 Å². The fourth-order valence-electron chi connectivity index (χ4n) is 6.49. The number of amides is 2. The zero-order valence-corrected chi connectivity index (χ0v) is 21.8. The first kappa shape index (κ1) is 26.9. The number of hydrogen-bond donors (Lipinski definition) is 1. The summed E-state index contributed by atoms with van der Waals surface area (Å²) in [5, 5.41) is 9.20. The fourth-order valence-corrected chi connectivity index (χ4v) is 6.49. The van der Waals surface area contributed by atoms with Crippen LogP contribution in [0.25, 0.3) is 0 Å². The highest BCUT2D eigenvalue weighted by atomic mass is 16.6. The largest absolute Gasteiger partial charge is 0.465 e. The van der Waals surface area contributed by atoms with Gasteiger partial charge in [0.15, 0.2) is 0 Å². The summed E-state index contributed by atoms with van der Waals surface area (Å²) >= 11 is 0. The Kier molecular flexibility index (Phi) is 8.56. The van der Waals surface area contributed by atoms with Crippen molar-refractivity contribution in [2.75, 3.05) is 32.8 Å². The Labute approximate surface area is 214 Å². The van der Waals surface area contributed by atoms with E-state index < -0.39 is 35.0 Å². The molecule has 0 saturated carbocycles. The van der Waals surface area contributed by atoms with Crippen LogP contribution in [0.2, 0.25) is 0 Å². The molecule has 0 bridgehead atoms. The minimum atomic E-state index is -1.21. The first-order valence-electron chi connectivity index (χ1n) is 13.9. The monoisotopic (exact) mass is 502 g/mol. The summed E-state index contributed by atoms with van der Waals surface area (Å²) in [6, 6.07) is -0.815. The highest BCUT2D eigenvalue weighted by molar-refractivity contribution is 5.99. The number of esters is 1. The molecule has 0 aliphatic carbocycles. The van der Waals surface area contributed by atoms with Crippen LogP contribution < -0.4 is 0 Å². The topological polar surface area (TPSA) is 96.4 Å². The third-order valence-electron chi connectivity index (χ3n) is 8.31. The van der Waals surface area contributed by atoms with Crippen LogP contribution in [0.15, 0.2) is 24.3 Å². The quantitative estimate of drug-likeness (QED) is 0.280. The lowest BCUT2D eigenvalue weighted by molar-refractivity contribution is -0.161. The molecule has 8 heteroatoms. The van der Waals surface area contributed by atoms with Crippen molar-refractivity contribution in [3.63, 3.8) is 0 Å². The number of aliphatic hydroxyl groups excluding tert-OH is 1. The molecule has 2 saturated heterocycles. The van der Waals surface area contributed by atoms with Crippen molar-refractivity contribution in [3.8, 4) is 0 Å². The molecular formula is C28H42N2O6. The molecule has 36 heavy (non-hydrogen) atoms. The van der Waals surface area contributed by atoms with Crippen molar-refractivity contribution in [1.29, 1.82) is 0 Å². The molecule has 4 heterocycles. The van der Waals surface area contributed by atoms with E-state index in [0.717, 1.165) is 38.5 Å². The van der Waals surface area contributed by atoms with E-state index in [1.165, 1.54) is 0 Å². The molecule has 1 spiro atoms. The standard InChI is InChI=1S/C28H42N2O6/c1-3-5-9-16-29-17-13-15-28-21(24(32)30(23(28)25(29)33)18-10-7-11-19-31)22-26(34)35-20-12-6-8-14-27(22,4-2)36-28/h8,13-15,21-23,31H,3-7,9-12,16-20H2,1-2H3/b14-8-/t21-,22+,23?,27-,28-/m0/s1. The minimum Gasteiger partial charge on any atom is -0.465 e. The number of ether oxygens (including phenoxy) is 2. The maximum Gasteiger partial charge on any atom is 0.313 e. The molecule has 1 unspecified atom stereocenters. The maximum atomic E-state index is 14.1. The van der Waals surface area contributed by atoms with Gasteiger partial charge in [-0.3, -0.25) is 14.4 Å². The molecule has 2 fully saturated rings. The van der Waals surface area contributed by atoms with Gasteiger partial charge < -0.3 is 24.4 Å². The van der Waals surface area contributed by atoms with Gasteiger partial charge in [-0.1, -0.05) is 51.0 Å². The molecule has 4 aliphatic rings. The smallest absolute Gasteiger partial charge is 0.313 e. The van der Waals surface area contributed by atoms with Gasteiger partial charge in [0.25, 0.3) is 0 Å². The Bertz CT molecular complexity index is 887. The lowest BCUT2D eigenvalue weighted by Gasteiger charge is -2.38. The predicted octanol–water partition coefficient (Wildman–Crippen LogP) is 2.99. The number of carbonyl (C=O) groups excluding carboxylic acids is 3. The Morgan fingerprint density at radius 1 is 0.972 bits per heavy atom. The SMILES string of the molecule is CCCCCN1CC=C[C@]23O[C@@]4(CC)/C=C\CCCOC(=O)[C@H]4[C@H]2C(=O)N(CCCCCO)C3C1=O. The van der Waals surface area contributed by atoms with Crippen LogP contribution in [-0.4, -0.2) is 82.8 Å². The van der Waals surface area contributed by atoms with Crippen molar-refractivity contribution in [2.45, 2.75) is 88.9 Å². The van der Waals surface area contributed by atoms with Crippen LogP contribution in [-0.2, 0) is 23.9 Å². The minimum absolute atomic E-state index is 0.0964. The van der Waals surface area contributed by atoms with E-state index in [1.54, 1.807) is 4.90 Å². The van der Waals surface area contributed by atoms with Crippen LogP contribution >= 0.6 is 0 Å². The van der Waals surface area contributed by atoms with Gasteiger partial charge in [0, 0.05) is 26.2 Å². The number of carbonyl (C=O) groups is 3. The van der Waals surface area contributed by atoms with Gasteiger partial charge in [-0.05, 0) is 44.9 Å². The molecule has 4 rings (SSSR count). The van der Waals surface area contributed by atoms with E-state index >= 15 is 0 Å². The van der Waals surface area contributed by atoms with E-state index in [1.807, 2.05) is 36.1 Å². The summed E-state index contributed by atoms with van der Waals surface area (Å²) in [5.74, 6) is -2.35. The predicted molar refractivity (Wildman–Crippen MR) is 135 cm³/mol. The van der Waals surface area contributed by atoms with E-state index in [9.17, 15) is 19.5 Å². The number of allylic oxidation sites excluding steroid dienone is 1. The molecule has 200 valence electrons. The van der Waals surface area contributed by atoms with Gasteiger partial charge in [0.05, 0.1) is 12.5 Å². The van der Waals surface area contributed by atoms with Gasteiger partial charge >= 0.3 is 5.97 Å². The summed E-state index contributed by atoms with van der Waals surface area (Å²) < 4.78 is 12.6. The summed E-state index contributed by atoms with van der Waals surface area (Å²) in [5.41, 5.74) is -2.21. The third-order valence-corrected chi connectivity index (χ3v) is 8.31. The van der Waals surface area contributed by atoms with Crippen LogP contribution in [0, 0.1) is 11.8 Å². The number of fused-ring (bicyclic) bond motifs is 2. The van der Waals surface area contributed by atoms with Crippen molar-refractivity contribution < 1.29 is 29.0 Å². The van der Waals surface area contributed by atoms with Crippen molar-refractivity contribution in [2.24, 2.45) is 11.8 Å². The normalized spacial score (nSPS) is 34.9. The Hall–Kier alpha value is -2.19. The second-order valence-electron chi connectivity index (χ2n) is 10.5. The number of aliphatic hydroxyl groups is 1. The molecule has 0 aromatic rings. The average Bonchev–Trinajstić information content (AvgIpc) is 3.25. The lowest BCUT2D eigenvalue weighted by Crippen LogP contribution is -2.56. The molecule has 4 aliphatic heterocycles. The second kappa shape index (κ2) is 11.5. The van der Waals surface area contributed by atoms with E-state index in [-0.39, 0.29) is 18.4 Å². The number of rotatable bonds is 10. The highest BCUT2D eigenvalue weighted by Gasteiger charge is 2.75. The summed E-state index contributed by atoms with van der Waals surface area (Å²) in [4.78, 5) is 45.2. The second-order valence-corrected chi connectivity index (χ2v) is 10.5. The van der Waals surface area contributed by atoms with Crippen molar-refractivity contribution in [1.82, 2.24) is 9.80 Å². The number of unbranched alkanes of at least 4 members (excludes halogenated alkanes) is 4. The molecule has 2 amide bonds. The summed E-state index contributed by atoms with van der Waals surface area (Å²) in [6.07, 6.45) is 14.9. The zero-order valence-electron chi connectivity index (χ0n) is 21.8. The molecule has 8 nitrogen and oxygen atoms in total. The Balaban J connectivity index is 1.77. The highest BCUT2D eigenvalue weighted by Crippen LogP contribution is 2.58. The van der Waals surface area contributed by atoms with E-state index in [2.05, 4.69) is 6.92 Å². The number of nitrogens with zero attached hydrogens (tertiary/aromatic N) is 2. The summed E-state index contributed by atoms with van der Waals surface area (Å²) in [6.45, 7) is 5.99. The van der Waals surface area contributed by atoms with E-state index in [0.29, 0.717) is 45.5 Å². The van der Waals surface area contributed by atoms with Crippen LogP contribution in [0.3, 0.4) is 0 Å². The third kappa shape index (κ3) is 4.62. The van der Waals surface area contributed by atoms with Gasteiger partial charge in [0.2, 0.25) is 11.8 Å². The Morgan fingerprint density at radius 3 is 2.53 bits per heavy atom. The number of cyclic esters (lactones) is 1. The Morgan fingerprint density at radius 2 is 1.78 bits per heavy atom. The van der Waals surface area contributed by atoms with Crippen molar-refractivity contribution >= 4 is 17.8 Å². The van der Waals surface area contributed by atoms with Gasteiger partial charge in [-0.2, -0.15) is 0 Å². The van der Waals surface area contributed by atoms with Crippen LogP contribution in [0.1, 0.15) is 71.6 Å². The zero-order chi connectivity index (χ0) is 25.8. The molecule has 0 radical (unpaired) electrons. The molecule has 0 aromatic heterocycles. The van der Waals surface area contributed by atoms with Gasteiger partial charge in [0.1, 0.15) is 23.2 Å². The molecule has 5 atom stereocenters. The fraction of sp³-hybridized carbons (Fsp3) is 0.750. The van der Waals surface area contributed by atoms with E-state index in [4.69, 9.17) is 9.47 Å². The lowest BCUT2D eigenvalue weighted by atomic mass is 9.73. The van der Waals surface area contributed by atoms with Gasteiger partial charge in [-0.15, -0.1) is 0 Å². The van der Waals surface area contributed by atoms with Gasteiger partial charge in [-0.25, -0.2) is 0 Å². The number of likely N-dealkylation sites (tertiary alicyclic amines) is 1. The molecular weight excluding hydrogens is 460 g/mol. The van der Waals surface area contributed by atoms with Crippen molar-refractivity contribution in [3.05, 3.63) is 24.3 Å². The first-order valence-corrected chi connectivity index (χ1v) is 13.9.